The van der Waals surface area contributed by atoms with E-state index in [9.17, 15) is 8.42 Å². The van der Waals surface area contributed by atoms with E-state index in [1.807, 2.05) is 30.1 Å². The summed E-state index contributed by atoms with van der Waals surface area (Å²) < 4.78 is 27.4. The van der Waals surface area contributed by atoms with Crippen LogP contribution in [0.1, 0.15) is 30.4 Å². The first-order chi connectivity index (χ1) is 13.8. The minimum Gasteiger partial charge on any atom is -0.357 e. The SMILES string of the molecule is CCNC(=NCc1ccc(S(=O)(=O)N(C)C)cc1)N1CCC(c2cnn(C)c2)C1.I. The van der Waals surface area contributed by atoms with Crippen molar-refractivity contribution >= 4 is 40.0 Å². The van der Waals surface area contributed by atoms with Crippen molar-refractivity contribution in [1.82, 2.24) is 24.3 Å². The van der Waals surface area contributed by atoms with Gasteiger partial charge in [0.15, 0.2) is 5.96 Å². The zero-order chi connectivity index (χ0) is 21.0. The van der Waals surface area contributed by atoms with Crippen LogP contribution in [0.25, 0.3) is 0 Å². The molecule has 0 radical (unpaired) electrons. The number of halogens is 1. The Hall–Kier alpha value is -1.66. The number of aryl methyl sites for hydroxylation is 1. The molecule has 1 aliphatic rings. The van der Waals surface area contributed by atoms with Crippen molar-refractivity contribution in [2.24, 2.45) is 12.0 Å². The van der Waals surface area contributed by atoms with Gasteiger partial charge in [-0.15, -0.1) is 24.0 Å². The van der Waals surface area contributed by atoms with Gasteiger partial charge in [0.25, 0.3) is 0 Å². The highest BCUT2D eigenvalue weighted by Gasteiger charge is 2.26. The fraction of sp³-hybridized carbons (Fsp3) is 0.500. The molecule has 2 aromatic rings. The van der Waals surface area contributed by atoms with Gasteiger partial charge in [-0.3, -0.25) is 4.68 Å². The van der Waals surface area contributed by atoms with Crippen molar-refractivity contribution in [3.05, 3.63) is 47.8 Å². The van der Waals surface area contributed by atoms with Crippen LogP contribution >= 0.6 is 24.0 Å². The average Bonchev–Trinajstić information content (AvgIpc) is 3.34. The number of benzene rings is 1. The van der Waals surface area contributed by atoms with Crippen LogP contribution in [-0.2, 0) is 23.6 Å². The fourth-order valence-corrected chi connectivity index (χ4v) is 4.35. The molecule has 166 valence electrons. The number of hydrogen-bond acceptors (Lipinski definition) is 4. The fourth-order valence-electron chi connectivity index (χ4n) is 3.45. The van der Waals surface area contributed by atoms with Gasteiger partial charge in [0.1, 0.15) is 0 Å². The molecule has 30 heavy (non-hydrogen) atoms. The molecule has 0 aliphatic carbocycles. The summed E-state index contributed by atoms with van der Waals surface area (Å²) >= 11 is 0. The third kappa shape index (κ3) is 5.73. The van der Waals surface area contributed by atoms with E-state index < -0.39 is 10.0 Å². The Kier molecular flexibility index (Phi) is 8.68. The average molecular weight is 546 g/mol. The van der Waals surface area contributed by atoms with Gasteiger partial charge in [-0.05, 0) is 36.6 Å². The quantitative estimate of drug-likeness (QED) is 0.342. The van der Waals surface area contributed by atoms with Gasteiger partial charge in [-0.1, -0.05) is 12.1 Å². The van der Waals surface area contributed by atoms with Crippen molar-refractivity contribution in [2.45, 2.75) is 30.7 Å². The summed E-state index contributed by atoms with van der Waals surface area (Å²) in [7, 11) is 1.60. The minimum absolute atomic E-state index is 0. The van der Waals surface area contributed by atoms with E-state index >= 15 is 0 Å². The Morgan fingerprint density at radius 3 is 2.57 bits per heavy atom. The number of nitrogens with one attached hydrogen (secondary N) is 1. The summed E-state index contributed by atoms with van der Waals surface area (Å²) in [6, 6.07) is 6.93. The second-order valence-corrected chi connectivity index (χ2v) is 9.63. The summed E-state index contributed by atoms with van der Waals surface area (Å²) in [6.07, 6.45) is 5.11. The molecule has 1 aromatic heterocycles. The molecule has 1 atom stereocenters. The van der Waals surface area contributed by atoms with E-state index in [2.05, 4.69) is 28.4 Å². The van der Waals surface area contributed by atoms with Gasteiger partial charge in [0.05, 0.1) is 17.6 Å². The predicted octanol–water partition coefficient (Wildman–Crippen LogP) is 2.24. The first kappa shape index (κ1) is 24.6. The highest BCUT2D eigenvalue weighted by atomic mass is 127. The predicted molar refractivity (Wildman–Crippen MR) is 130 cm³/mol. The molecule has 0 spiro atoms. The van der Waals surface area contributed by atoms with Crippen molar-refractivity contribution in [3.63, 3.8) is 0 Å². The first-order valence-corrected chi connectivity index (χ1v) is 11.3. The number of likely N-dealkylation sites (tertiary alicyclic amines) is 1. The summed E-state index contributed by atoms with van der Waals surface area (Å²) in [4.78, 5) is 7.35. The molecule has 1 aromatic carbocycles. The van der Waals surface area contributed by atoms with Crippen LogP contribution in [0.15, 0.2) is 46.5 Å². The number of nitrogens with zero attached hydrogens (tertiary/aromatic N) is 5. The topological polar surface area (TPSA) is 82.8 Å². The number of hydrogen-bond donors (Lipinski definition) is 1. The Morgan fingerprint density at radius 2 is 2.00 bits per heavy atom. The minimum atomic E-state index is -3.41. The monoisotopic (exact) mass is 546 g/mol. The lowest BCUT2D eigenvalue weighted by Crippen LogP contribution is -2.40. The summed E-state index contributed by atoms with van der Waals surface area (Å²) in [5, 5.41) is 7.66. The zero-order valence-electron chi connectivity index (χ0n) is 17.9. The largest absolute Gasteiger partial charge is 0.357 e. The molecule has 10 heteroatoms. The maximum absolute atomic E-state index is 12.2. The van der Waals surface area contributed by atoms with E-state index in [0.29, 0.717) is 17.4 Å². The van der Waals surface area contributed by atoms with Crippen LogP contribution in [0.2, 0.25) is 0 Å². The lowest BCUT2D eigenvalue weighted by Gasteiger charge is -2.21. The second-order valence-electron chi connectivity index (χ2n) is 7.48. The maximum Gasteiger partial charge on any atom is 0.242 e. The number of aliphatic imine (C=N–C) groups is 1. The van der Waals surface area contributed by atoms with Crippen LogP contribution in [0.3, 0.4) is 0 Å². The molecule has 1 saturated heterocycles. The first-order valence-electron chi connectivity index (χ1n) is 9.84. The van der Waals surface area contributed by atoms with Gasteiger partial charge in [-0.2, -0.15) is 5.10 Å². The molecule has 3 rings (SSSR count). The third-order valence-corrected chi connectivity index (χ3v) is 6.96. The van der Waals surface area contributed by atoms with Crippen LogP contribution in [-0.4, -0.2) is 67.1 Å². The van der Waals surface area contributed by atoms with E-state index in [1.165, 1.54) is 24.0 Å². The lowest BCUT2D eigenvalue weighted by atomic mass is 10.0. The smallest absolute Gasteiger partial charge is 0.242 e. The van der Waals surface area contributed by atoms with Crippen LogP contribution in [0.4, 0.5) is 0 Å². The molecule has 1 fully saturated rings. The number of rotatable bonds is 6. The zero-order valence-corrected chi connectivity index (χ0v) is 21.1. The van der Waals surface area contributed by atoms with E-state index in [-0.39, 0.29) is 24.0 Å². The summed E-state index contributed by atoms with van der Waals surface area (Å²) in [6.45, 7) is 5.22. The Morgan fingerprint density at radius 1 is 1.30 bits per heavy atom. The molecule has 1 unspecified atom stereocenters. The van der Waals surface area contributed by atoms with Gasteiger partial charge in [-0.25, -0.2) is 17.7 Å². The third-order valence-electron chi connectivity index (χ3n) is 5.13. The normalized spacial score (nSPS) is 17.3. The molecule has 2 heterocycles. The summed E-state index contributed by atoms with van der Waals surface area (Å²) in [5.41, 5.74) is 2.24. The molecule has 0 amide bonds. The van der Waals surface area contributed by atoms with Crippen molar-refractivity contribution < 1.29 is 8.42 Å². The van der Waals surface area contributed by atoms with Gasteiger partial charge in [0.2, 0.25) is 10.0 Å². The molecular weight excluding hydrogens is 515 g/mol. The Balaban J connectivity index is 0.00000320. The lowest BCUT2D eigenvalue weighted by molar-refractivity contribution is 0.486. The highest BCUT2D eigenvalue weighted by Crippen LogP contribution is 2.26. The van der Waals surface area contributed by atoms with Gasteiger partial charge < -0.3 is 10.2 Å². The van der Waals surface area contributed by atoms with Crippen LogP contribution in [0, 0.1) is 0 Å². The molecule has 0 saturated carbocycles. The van der Waals surface area contributed by atoms with Crippen LogP contribution < -0.4 is 5.32 Å². The van der Waals surface area contributed by atoms with Crippen molar-refractivity contribution in [2.75, 3.05) is 33.7 Å². The summed E-state index contributed by atoms with van der Waals surface area (Å²) in [5.74, 6) is 1.35. The molecule has 1 N–H and O–H groups in total. The van der Waals surface area contributed by atoms with E-state index in [4.69, 9.17) is 4.99 Å². The molecule has 1 aliphatic heterocycles. The standard InChI is InChI=1S/C20H30N6O2S.HI/c1-5-21-20(26-11-10-17(15-26)18-13-23-25(4)14-18)22-12-16-6-8-19(9-7-16)29(27,28)24(2)3;/h6-9,13-14,17H,5,10-12,15H2,1-4H3,(H,21,22);1H. The maximum atomic E-state index is 12.2. The van der Waals surface area contributed by atoms with Gasteiger partial charge >= 0.3 is 0 Å². The van der Waals surface area contributed by atoms with Gasteiger partial charge in [0, 0.05) is 52.9 Å². The molecule has 0 bridgehead atoms. The highest BCUT2D eigenvalue weighted by molar-refractivity contribution is 14.0. The number of aromatic nitrogens is 2. The molecular formula is C20H31IN6O2S. The number of sulfonamides is 1. The van der Waals surface area contributed by atoms with Crippen LogP contribution in [0.5, 0.6) is 0 Å². The number of guanidine groups is 1. The van der Waals surface area contributed by atoms with Crippen molar-refractivity contribution in [3.8, 4) is 0 Å². The Bertz CT molecular complexity index is 956. The second kappa shape index (κ2) is 10.6. The van der Waals surface area contributed by atoms with E-state index in [1.54, 1.807) is 12.1 Å². The van der Waals surface area contributed by atoms with Crippen molar-refractivity contribution in [1.29, 1.82) is 0 Å². The van der Waals surface area contributed by atoms with E-state index in [0.717, 1.165) is 37.6 Å². The Labute approximate surface area is 196 Å². The molecule has 8 nitrogen and oxygen atoms in total.